The van der Waals surface area contributed by atoms with Crippen LogP contribution in [0.4, 0.5) is 5.69 Å². The van der Waals surface area contributed by atoms with Gasteiger partial charge in [-0.2, -0.15) is 0 Å². The van der Waals surface area contributed by atoms with Gasteiger partial charge < -0.3 is 10.2 Å². The first-order valence-electron chi connectivity index (χ1n) is 13.6. The molecule has 0 aliphatic heterocycles. The van der Waals surface area contributed by atoms with Crippen molar-refractivity contribution < 1.29 is 18.0 Å². The minimum Gasteiger partial charge on any atom is -0.354 e. The Morgan fingerprint density at radius 3 is 2.12 bits per heavy atom. The Balaban J connectivity index is 2.06. The van der Waals surface area contributed by atoms with Crippen LogP contribution in [0.2, 0.25) is 0 Å². The lowest BCUT2D eigenvalue weighted by Gasteiger charge is -2.33. The van der Waals surface area contributed by atoms with Gasteiger partial charge in [-0.1, -0.05) is 80.1 Å². The minimum absolute atomic E-state index is 0.164. The Morgan fingerprint density at radius 2 is 1.52 bits per heavy atom. The topological polar surface area (TPSA) is 86.8 Å². The molecule has 40 heavy (non-hydrogen) atoms. The molecule has 2 amide bonds. The first-order chi connectivity index (χ1) is 18.8. The molecule has 214 valence electrons. The zero-order valence-electron chi connectivity index (χ0n) is 24.3. The molecule has 0 aliphatic carbocycles. The average molecular weight is 564 g/mol. The fraction of sp³-hybridized carbons (Fsp3) is 0.375. The summed E-state index contributed by atoms with van der Waals surface area (Å²) in [7, 11) is -3.80. The van der Waals surface area contributed by atoms with E-state index in [0.717, 1.165) is 38.4 Å². The number of nitrogens with zero attached hydrogens (tertiary/aromatic N) is 2. The molecule has 3 aromatic rings. The third kappa shape index (κ3) is 8.68. The second kappa shape index (κ2) is 13.6. The summed E-state index contributed by atoms with van der Waals surface area (Å²) in [5.74, 6) is -0.491. The van der Waals surface area contributed by atoms with Crippen LogP contribution in [0.1, 0.15) is 41.7 Å². The Morgan fingerprint density at radius 1 is 0.850 bits per heavy atom. The lowest BCUT2D eigenvalue weighted by molar-refractivity contribution is -0.140. The van der Waals surface area contributed by atoms with Crippen molar-refractivity contribution in [1.82, 2.24) is 10.2 Å². The van der Waals surface area contributed by atoms with Crippen LogP contribution >= 0.6 is 0 Å². The highest BCUT2D eigenvalue weighted by Gasteiger charge is 2.33. The molecule has 0 aliphatic rings. The molecule has 0 heterocycles. The van der Waals surface area contributed by atoms with Gasteiger partial charge in [0, 0.05) is 19.5 Å². The summed E-state index contributed by atoms with van der Waals surface area (Å²) >= 11 is 0. The van der Waals surface area contributed by atoms with Crippen LogP contribution in [0.25, 0.3) is 0 Å². The molecular formula is C32H41N3O4S. The fourth-order valence-electron chi connectivity index (χ4n) is 4.48. The summed E-state index contributed by atoms with van der Waals surface area (Å²) in [4.78, 5) is 29.3. The monoisotopic (exact) mass is 563 g/mol. The van der Waals surface area contributed by atoms with E-state index in [1.54, 1.807) is 12.1 Å². The summed E-state index contributed by atoms with van der Waals surface area (Å²) in [5.41, 5.74) is 5.16. The molecule has 0 saturated heterocycles. The average Bonchev–Trinajstić information content (AvgIpc) is 2.89. The number of hydrogen-bond acceptors (Lipinski definition) is 4. The molecule has 0 aromatic heterocycles. The van der Waals surface area contributed by atoms with Crippen molar-refractivity contribution in [3.05, 3.63) is 101 Å². The van der Waals surface area contributed by atoms with Crippen molar-refractivity contribution in [2.45, 2.75) is 53.6 Å². The molecule has 1 atom stereocenters. The largest absolute Gasteiger partial charge is 0.354 e. The molecule has 7 nitrogen and oxygen atoms in total. The standard InChI is InChI=1S/C32H41N3O4S/c1-23(2)20-33-32(37)30(19-27-12-8-7-9-13-27)34(21-28-14-10-11-24(3)17-28)31(36)22-35(40(6,38)39)29-16-15-25(4)26(5)18-29/h7-18,23,30H,19-22H2,1-6H3,(H,33,37)/t30-/m1/s1. The highest BCUT2D eigenvalue weighted by atomic mass is 32.2. The maximum Gasteiger partial charge on any atom is 0.244 e. The van der Waals surface area contributed by atoms with E-state index in [9.17, 15) is 18.0 Å². The minimum atomic E-state index is -3.80. The van der Waals surface area contributed by atoms with Crippen LogP contribution in [0, 0.1) is 26.7 Å². The zero-order chi connectivity index (χ0) is 29.4. The molecule has 0 bridgehead atoms. The second-order valence-electron chi connectivity index (χ2n) is 10.9. The van der Waals surface area contributed by atoms with Crippen molar-refractivity contribution >= 4 is 27.5 Å². The van der Waals surface area contributed by atoms with Gasteiger partial charge in [-0.25, -0.2) is 8.42 Å². The number of hydrogen-bond donors (Lipinski definition) is 1. The number of anilines is 1. The summed E-state index contributed by atoms with van der Waals surface area (Å²) in [5, 5.41) is 3.00. The predicted octanol–water partition coefficient (Wildman–Crippen LogP) is 4.79. The van der Waals surface area contributed by atoms with E-state index in [0.29, 0.717) is 18.7 Å². The Kier molecular flexibility index (Phi) is 10.5. The van der Waals surface area contributed by atoms with Crippen molar-refractivity contribution in [2.24, 2.45) is 5.92 Å². The van der Waals surface area contributed by atoms with Gasteiger partial charge in [0.2, 0.25) is 21.8 Å². The Bertz CT molecular complexity index is 1420. The van der Waals surface area contributed by atoms with E-state index < -0.39 is 28.5 Å². The first-order valence-corrected chi connectivity index (χ1v) is 15.4. The number of carbonyl (C=O) groups is 2. The lowest BCUT2D eigenvalue weighted by Crippen LogP contribution is -2.53. The van der Waals surface area contributed by atoms with Crippen LogP contribution in [0.15, 0.2) is 72.8 Å². The van der Waals surface area contributed by atoms with E-state index in [-0.39, 0.29) is 18.4 Å². The molecule has 0 spiro atoms. The number of aryl methyl sites for hydroxylation is 3. The lowest BCUT2D eigenvalue weighted by atomic mass is 10.0. The molecule has 3 rings (SSSR count). The SMILES string of the molecule is Cc1cccc(CN(C(=O)CN(c2ccc(C)c(C)c2)S(C)(=O)=O)[C@H](Cc2ccccc2)C(=O)NCC(C)C)c1. The molecule has 8 heteroatoms. The van der Waals surface area contributed by atoms with E-state index >= 15 is 0 Å². The van der Waals surface area contributed by atoms with Crippen LogP contribution in [-0.2, 0) is 32.6 Å². The summed E-state index contributed by atoms with van der Waals surface area (Å²) in [6.07, 6.45) is 1.39. The number of carbonyl (C=O) groups excluding carboxylic acids is 2. The maximum atomic E-state index is 14.1. The second-order valence-corrected chi connectivity index (χ2v) is 12.8. The number of amides is 2. The van der Waals surface area contributed by atoms with E-state index in [1.807, 2.05) is 95.3 Å². The highest BCUT2D eigenvalue weighted by molar-refractivity contribution is 7.92. The number of sulfonamides is 1. The molecule has 3 aromatic carbocycles. The quantitative estimate of drug-likeness (QED) is 0.343. The first kappa shape index (κ1) is 30.9. The van der Waals surface area contributed by atoms with E-state index in [2.05, 4.69) is 5.32 Å². The molecule has 0 fully saturated rings. The molecule has 0 saturated carbocycles. The van der Waals surface area contributed by atoms with Crippen LogP contribution in [0.3, 0.4) is 0 Å². The smallest absolute Gasteiger partial charge is 0.244 e. The van der Waals surface area contributed by atoms with Gasteiger partial charge in [-0.05, 0) is 61.1 Å². The van der Waals surface area contributed by atoms with Gasteiger partial charge in [0.1, 0.15) is 12.6 Å². The number of nitrogens with one attached hydrogen (secondary N) is 1. The van der Waals surface area contributed by atoms with Crippen LogP contribution in [-0.4, -0.2) is 50.5 Å². The fourth-order valence-corrected chi connectivity index (χ4v) is 5.32. The van der Waals surface area contributed by atoms with Crippen molar-refractivity contribution in [3.8, 4) is 0 Å². The molecule has 0 radical (unpaired) electrons. The highest BCUT2D eigenvalue weighted by Crippen LogP contribution is 2.23. The maximum absolute atomic E-state index is 14.1. The molecule has 0 unspecified atom stereocenters. The zero-order valence-corrected chi connectivity index (χ0v) is 25.2. The van der Waals surface area contributed by atoms with Gasteiger partial charge in [0.15, 0.2) is 0 Å². The van der Waals surface area contributed by atoms with Gasteiger partial charge >= 0.3 is 0 Å². The summed E-state index contributed by atoms with van der Waals surface area (Å²) in [6.45, 7) is 10.0. The summed E-state index contributed by atoms with van der Waals surface area (Å²) < 4.78 is 27.0. The van der Waals surface area contributed by atoms with Crippen LogP contribution < -0.4 is 9.62 Å². The predicted molar refractivity (Wildman–Crippen MR) is 162 cm³/mol. The Hall–Kier alpha value is -3.65. The van der Waals surface area contributed by atoms with Gasteiger partial charge in [-0.3, -0.25) is 13.9 Å². The third-order valence-corrected chi connectivity index (χ3v) is 7.99. The van der Waals surface area contributed by atoms with Crippen molar-refractivity contribution in [1.29, 1.82) is 0 Å². The van der Waals surface area contributed by atoms with Gasteiger partial charge in [0.05, 0.1) is 11.9 Å². The van der Waals surface area contributed by atoms with Crippen molar-refractivity contribution in [3.63, 3.8) is 0 Å². The van der Waals surface area contributed by atoms with E-state index in [1.165, 1.54) is 4.90 Å². The molecular weight excluding hydrogens is 522 g/mol. The van der Waals surface area contributed by atoms with Gasteiger partial charge in [-0.15, -0.1) is 0 Å². The molecule has 1 N–H and O–H groups in total. The number of benzene rings is 3. The van der Waals surface area contributed by atoms with E-state index in [4.69, 9.17) is 0 Å². The third-order valence-electron chi connectivity index (χ3n) is 6.85. The van der Waals surface area contributed by atoms with Crippen molar-refractivity contribution in [2.75, 3.05) is 23.7 Å². The summed E-state index contributed by atoms with van der Waals surface area (Å²) in [6, 6.07) is 21.8. The Labute approximate surface area is 239 Å². The van der Waals surface area contributed by atoms with Gasteiger partial charge in [0.25, 0.3) is 0 Å². The van der Waals surface area contributed by atoms with Crippen LogP contribution in [0.5, 0.6) is 0 Å². The number of rotatable bonds is 12. The normalized spacial score (nSPS) is 12.2.